The summed E-state index contributed by atoms with van der Waals surface area (Å²) in [6.07, 6.45) is 3.14. The highest BCUT2D eigenvalue weighted by Crippen LogP contribution is 2.45. The molecule has 1 aromatic carbocycles. The molecule has 2 fully saturated rings. The lowest BCUT2D eigenvalue weighted by atomic mass is 9.76. The molecule has 1 saturated carbocycles. The molecule has 0 bridgehead atoms. The molecular formula is C15H20FN3O3. The number of nitrogens with zero attached hydrogens (tertiary/aromatic N) is 2. The highest BCUT2D eigenvalue weighted by atomic mass is 19.1. The van der Waals surface area contributed by atoms with E-state index in [0.717, 1.165) is 51.5 Å². The van der Waals surface area contributed by atoms with Crippen LogP contribution in [0, 0.1) is 21.8 Å². The Morgan fingerprint density at radius 1 is 1.36 bits per heavy atom. The number of piperazine rings is 1. The number of hydrogen-bond acceptors (Lipinski definition) is 5. The van der Waals surface area contributed by atoms with E-state index in [4.69, 9.17) is 0 Å². The maximum atomic E-state index is 13.9. The first-order valence-electron chi connectivity index (χ1n) is 7.69. The topological polar surface area (TPSA) is 78.6 Å². The van der Waals surface area contributed by atoms with E-state index in [-0.39, 0.29) is 11.7 Å². The van der Waals surface area contributed by atoms with Crippen LogP contribution in [0.5, 0.6) is 5.75 Å². The third kappa shape index (κ3) is 2.78. The predicted molar refractivity (Wildman–Crippen MR) is 79.2 cm³/mol. The summed E-state index contributed by atoms with van der Waals surface area (Å²) in [7, 11) is 0. The molecule has 1 saturated heterocycles. The second kappa shape index (κ2) is 6.18. The number of nitrogens with one attached hydrogen (secondary N) is 1. The van der Waals surface area contributed by atoms with E-state index in [0.29, 0.717) is 11.5 Å². The highest BCUT2D eigenvalue weighted by Gasteiger charge is 2.36. The van der Waals surface area contributed by atoms with E-state index < -0.39 is 16.5 Å². The molecular weight excluding hydrogens is 289 g/mol. The molecule has 0 spiro atoms. The van der Waals surface area contributed by atoms with E-state index in [1.54, 1.807) is 0 Å². The van der Waals surface area contributed by atoms with Crippen LogP contribution in [0.25, 0.3) is 0 Å². The highest BCUT2D eigenvalue weighted by molar-refractivity contribution is 5.46. The van der Waals surface area contributed by atoms with Gasteiger partial charge in [0.15, 0.2) is 11.6 Å². The zero-order chi connectivity index (χ0) is 15.7. The second-order valence-electron chi connectivity index (χ2n) is 6.04. The van der Waals surface area contributed by atoms with Crippen LogP contribution in [-0.4, -0.2) is 41.1 Å². The van der Waals surface area contributed by atoms with Gasteiger partial charge in [-0.25, -0.2) is 4.39 Å². The molecule has 1 atom stereocenters. The maximum absolute atomic E-state index is 13.9. The first-order chi connectivity index (χ1) is 10.6. The number of non-ortho nitro benzene ring substituents is 1. The Kier molecular flexibility index (Phi) is 4.26. The lowest BCUT2D eigenvalue weighted by Gasteiger charge is -2.43. The lowest BCUT2D eigenvalue weighted by molar-refractivity contribution is -0.385. The summed E-state index contributed by atoms with van der Waals surface area (Å²) < 4.78 is 13.9. The van der Waals surface area contributed by atoms with Gasteiger partial charge in [-0.2, -0.15) is 0 Å². The molecule has 0 unspecified atom stereocenters. The zero-order valence-corrected chi connectivity index (χ0v) is 12.3. The lowest BCUT2D eigenvalue weighted by Crippen LogP contribution is -2.47. The molecule has 2 aliphatic rings. The van der Waals surface area contributed by atoms with Crippen LogP contribution in [0.3, 0.4) is 0 Å². The average Bonchev–Trinajstić information content (AvgIpc) is 2.46. The molecule has 3 rings (SSSR count). The Morgan fingerprint density at radius 3 is 2.59 bits per heavy atom. The fraction of sp³-hybridized carbons (Fsp3) is 0.600. The number of benzene rings is 1. The van der Waals surface area contributed by atoms with Crippen molar-refractivity contribution >= 4 is 5.69 Å². The first kappa shape index (κ1) is 15.2. The van der Waals surface area contributed by atoms with E-state index in [2.05, 4.69) is 10.2 Å². The van der Waals surface area contributed by atoms with Gasteiger partial charge >= 0.3 is 0 Å². The zero-order valence-electron chi connectivity index (χ0n) is 12.3. The molecule has 1 aliphatic carbocycles. The molecule has 120 valence electrons. The molecule has 0 aromatic heterocycles. The van der Waals surface area contributed by atoms with Crippen LogP contribution in [-0.2, 0) is 0 Å². The van der Waals surface area contributed by atoms with Crippen molar-refractivity contribution in [1.82, 2.24) is 10.2 Å². The SMILES string of the molecule is O=[N+]([O-])c1cc(F)c(O)c([C@@H](C2CCC2)N2CCNCC2)c1. The second-order valence-corrected chi connectivity index (χ2v) is 6.04. The van der Waals surface area contributed by atoms with Crippen LogP contribution >= 0.6 is 0 Å². The number of halogens is 1. The molecule has 0 amide bonds. The minimum absolute atomic E-state index is 0.148. The summed E-state index contributed by atoms with van der Waals surface area (Å²) in [4.78, 5) is 12.6. The van der Waals surface area contributed by atoms with Gasteiger partial charge in [0, 0.05) is 43.9 Å². The minimum atomic E-state index is -0.913. The average molecular weight is 309 g/mol. The van der Waals surface area contributed by atoms with Gasteiger partial charge in [0.05, 0.1) is 11.0 Å². The largest absolute Gasteiger partial charge is 0.505 e. The van der Waals surface area contributed by atoms with Gasteiger partial charge in [-0.05, 0) is 18.8 Å². The van der Waals surface area contributed by atoms with Crippen molar-refractivity contribution < 1.29 is 14.4 Å². The number of nitro benzene ring substituents is 1. The van der Waals surface area contributed by atoms with Gasteiger partial charge in [-0.1, -0.05) is 6.42 Å². The first-order valence-corrected chi connectivity index (χ1v) is 7.69. The summed E-state index contributed by atoms with van der Waals surface area (Å²) in [5.74, 6) is -1.03. The quantitative estimate of drug-likeness (QED) is 0.658. The van der Waals surface area contributed by atoms with E-state index in [9.17, 15) is 19.6 Å². The van der Waals surface area contributed by atoms with Crippen LogP contribution in [0.1, 0.15) is 30.9 Å². The van der Waals surface area contributed by atoms with Gasteiger partial charge in [-0.15, -0.1) is 0 Å². The van der Waals surface area contributed by atoms with E-state index in [1.807, 2.05) is 0 Å². The third-order valence-electron chi connectivity index (χ3n) is 4.75. The van der Waals surface area contributed by atoms with Gasteiger partial charge in [0.1, 0.15) is 0 Å². The number of phenolic OH excluding ortho intramolecular Hbond substituents is 1. The summed E-state index contributed by atoms with van der Waals surface area (Å²) >= 11 is 0. The summed E-state index contributed by atoms with van der Waals surface area (Å²) in [5, 5.41) is 24.4. The van der Waals surface area contributed by atoms with Gasteiger partial charge in [0.25, 0.3) is 5.69 Å². The number of aromatic hydroxyl groups is 1. The van der Waals surface area contributed by atoms with Crippen molar-refractivity contribution in [2.45, 2.75) is 25.3 Å². The standard InChI is InChI=1S/C15H20FN3O3/c16-13-9-11(19(21)22)8-12(15(13)20)14(10-2-1-3-10)18-6-4-17-5-7-18/h8-10,14,17,20H,1-7H2/t14-/m1/s1. The monoisotopic (exact) mass is 309 g/mol. The van der Waals surface area contributed by atoms with E-state index in [1.165, 1.54) is 6.07 Å². The Balaban J connectivity index is 2.00. The Morgan fingerprint density at radius 2 is 2.05 bits per heavy atom. The maximum Gasteiger partial charge on any atom is 0.272 e. The fourth-order valence-electron chi connectivity index (χ4n) is 3.40. The van der Waals surface area contributed by atoms with Gasteiger partial charge in [0.2, 0.25) is 0 Å². The van der Waals surface area contributed by atoms with Crippen molar-refractivity contribution in [2.75, 3.05) is 26.2 Å². The predicted octanol–water partition coefficient (Wildman–Crippen LogP) is 2.19. The van der Waals surface area contributed by atoms with Crippen LogP contribution in [0.4, 0.5) is 10.1 Å². The Bertz CT molecular complexity index is 571. The molecule has 1 aromatic rings. The molecule has 22 heavy (non-hydrogen) atoms. The fourth-order valence-corrected chi connectivity index (χ4v) is 3.40. The van der Waals surface area contributed by atoms with E-state index >= 15 is 0 Å². The van der Waals surface area contributed by atoms with Crippen molar-refractivity contribution in [1.29, 1.82) is 0 Å². The summed E-state index contributed by atoms with van der Waals surface area (Å²) in [6, 6.07) is 1.97. The molecule has 1 heterocycles. The minimum Gasteiger partial charge on any atom is -0.505 e. The number of phenols is 1. The molecule has 2 N–H and O–H groups in total. The number of rotatable bonds is 4. The molecule has 0 radical (unpaired) electrons. The van der Waals surface area contributed by atoms with Crippen molar-refractivity contribution in [2.24, 2.45) is 5.92 Å². The van der Waals surface area contributed by atoms with Crippen LogP contribution in [0.2, 0.25) is 0 Å². The normalized spacial score (nSPS) is 21.3. The summed E-state index contributed by atoms with van der Waals surface area (Å²) in [5.41, 5.74) is 0.0584. The molecule has 6 nitrogen and oxygen atoms in total. The van der Waals surface area contributed by atoms with Crippen LogP contribution in [0.15, 0.2) is 12.1 Å². The Labute approximate surface area is 128 Å². The van der Waals surface area contributed by atoms with Gasteiger partial charge in [-0.3, -0.25) is 15.0 Å². The van der Waals surface area contributed by atoms with Crippen molar-refractivity contribution in [3.63, 3.8) is 0 Å². The number of hydrogen-bond donors (Lipinski definition) is 2. The summed E-state index contributed by atoms with van der Waals surface area (Å²) in [6.45, 7) is 3.26. The van der Waals surface area contributed by atoms with Gasteiger partial charge < -0.3 is 10.4 Å². The number of nitro groups is 1. The third-order valence-corrected chi connectivity index (χ3v) is 4.75. The molecule has 7 heteroatoms. The van der Waals surface area contributed by atoms with Crippen LogP contribution < -0.4 is 5.32 Å². The Hall–Kier alpha value is -1.73. The smallest absolute Gasteiger partial charge is 0.272 e. The van der Waals surface area contributed by atoms with Crippen molar-refractivity contribution in [3.05, 3.63) is 33.6 Å². The molecule has 1 aliphatic heterocycles. The van der Waals surface area contributed by atoms with Crippen molar-refractivity contribution in [3.8, 4) is 5.75 Å².